The monoisotopic (exact) mass is 369 g/mol. The molecule has 136 valence electrons. The maximum atomic E-state index is 12.5. The van der Waals surface area contributed by atoms with Crippen molar-refractivity contribution in [2.75, 3.05) is 5.75 Å². The summed E-state index contributed by atoms with van der Waals surface area (Å²) in [6, 6.07) is 17.6. The molecule has 0 spiro atoms. The third-order valence-electron chi connectivity index (χ3n) is 4.11. The molecule has 0 radical (unpaired) electrons. The lowest BCUT2D eigenvalue weighted by atomic mass is 10.1. The molecule has 0 heterocycles. The van der Waals surface area contributed by atoms with E-state index in [4.69, 9.17) is 4.74 Å². The molecule has 5 heteroatoms. The van der Waals surface area contributed by atoms with E-state index in [1.54, 1.807) is 11.8 Å². The fourth-order valence-electron chi connectivity index (χ4n) is 2.48. The van der Waals surface area contributed by atoms with Gasteiger partial charge in [-0.2, -0.15) is 0 Å². The van der Waals surface area contributed by atoms with Crippen LogP contribution in [-0.2, 0) is 14.3 Å². The summed E-state index contributed by atoms with van der Waals surface area (Å²) in [4.78, 5) is 25.8. The van der Waals surface area contributed by atoms with Crippen molar-refractivity contribution in [2.24, 2.45) is 0 Å². The second kappa shape index (κ2) is 8.90. The minimum Gasteiger partial charge on any atom is -0.447 e. The van der Waals surface area contributed by atoms with Gasteiger partial charge in [-0.25, -0.2) is 0 Å². The van der Waals surface area contributed by atoms with Crippen molar-refractivity contribution < 1.29 is 14.3 Å². The van der Waals surface area contributed by atoms with E-state index in [2.05, 4.69) is 5.32 Å². The van der Waals surface area contributed by atoms with Crippen LogP contribution in [0.25, 0.3) is 0 Å². The number of esters is 1. The van der Waals surface area contributed by atoms with E-state index in [0.29, 0.717) is 11.3 Å². The van der Waals surface area contributed by atoms with Gasteiger partial charge in [0.15, 0.2) is 0 Å². The molecular weight excluding hydrogens is 346 g/mol. The van der Waals surface area contributed by atoms with Gasteiger partial charge in [-0.15, -0.1) is 11.8 Å². The number of benzene rings is 2. The summed E-state index contributed by atoms with van der Waals surface area (Å²) < 4.78 is 5.52. The molecule has 1 atom stereocenters. The zero-order valence-electron chi connectivity index (χ0n) is 14.8. The Kier molecular flexibility index (Phi) is 6.34. The quantitative estimate of drug-likeness (QED) is 0.564. The predicted octanol–water partition coefficient (Wildman–Crippen LogP) is 4.04. The van der Waals surface area contributed by atoms with Gasteiger partial charge in [-0.3, -0.25) is 9.59 Å². The van der Waals surface area contributed by atoms with Crippen molar-refractivity contribution in [2.45, 2.75) is 43.2 Å². The largest absolute Gasteiger partial charge is 0.447 e. The highest BCUT2D eigenvalue weighted by Gasteiger charge is 2.30. The molecule has 0 saturated heterocycles. The zero-order chi connectivity index (χ0) is 18.4. The number of amides is 1. The lowest BCUT2D eigenvalue weighted by molar-refractivity contribution is -0.156. The normalized spacial score (nSPS) is 14.5. The van der Waals surface area contributed by atoms with Gasteiger partial charge in [0.05, 0.1) is 6.42 Å². The Bertz CT molecular complexity index is 742. The number of carbonyl (C=O) groups is 2. The van der Waals surface area contributed by atoms with Gasteiger partial charge in [0, 0.05) is 22.3 Å². The van der Waals surface area contributed by atoms with E-state index in [-0.39, 0.29) is 24.3 Å². The lowest BCUT2D eigenvalue weighted by Crippen LogP contribution is -2.33. The van der Waals surface area contributed by atoms with Crippen LogP contribution in [0.2, 0.25) is 0 Å². The van der Waals surface area contributed by atoms with Crippen LogP contribution in [0.1, 0.15) is 36.5 Å². The average molecular weight is 369 g/mol. The Hall–Kier alpha value is -2.27. The summed E-state index contributed by atoms with van der Waals surface area (Å²) in [7, 11) is 0. The maximum absolute atomic E-state index is 12.5. The predicted molar refractivity (Wildman–Crippen MR) is 103 cm³/mol. The lowest BCUT2D eigenvalue weighted by Gasteiger charge is -2.18. The zero-order valence-corrected chi connectivity index (χ0v) is 15.6. The molecule has 0 unspecified atom stereocenters. The second-order valence-corrected chi connectivity index (χ2v) is 7.64. The number of rotatable bonds is 8. The summed E-state index contributed by atoms with van der Waals surface area (Å²) in [6.45, 7) is 2.04. The average Bonchev–Trinajstić information content (AvgIpc) is 3.46. The van der Waals surface area contributed by atoms with Crippen molar-refractivity contribution in [1.29, 1.82) is 0 Å². The minimum absolute atomic E-state index is 0.226. The number of nitrogens with one attached hydrogen (secondary N) is 1. The Morgan fingerprint density at radius 2 is 1.81 bits per heavy atom. The van der Waals surface area contributed by atoms with Gasteiger partial charge in [-0.1, -0.05) is 48.0 Å². The molecule has 0 bridgehead atoms. The molecular formula is C21H23NO3S. The smallest absolute Gasteiger partial charge is 0.307 e. The first-order valence-electron chi connectivity index (χ1n) is 8.86. The van der Waals surface area contributed by atoms with Gasteiger partial charge >= 0.3 is 5.97 Å². The third kappa shape index (κ3) is 5.63. The molecule has 1 N–H and O–H groups in total. The summed E-state index contributed by atoms with van der Waals surface area (Å²) in [5.74, 6) is 0.0239. The van der Waals surface area contributed by atoms with Crippen LogP contribution in [0.4, 0.5) is 0 Å². The maximum Gasteiger partial charge on any atom is 0.307 e. The van der Waals surface area contributed by atoms with Crippen LogP contribution in [0.3, 0.4) is 0 Å². The van der Waals surface area contributed by atoms with Gasteiger partial charge in [-0.05, 0) is 31.9 Å². The van der Waals surface area contributed by atoms with E-state index in [1.165, 1.54) is 5.56 Å². The van der Waals surface area contributed by atoms with Crippen molar-refractivity contribution in [3.63, 3.8) is 0 Å². The highest BCUT2D eigenvalue weighted by Crippen LogP contribution is 2.24. The van der Waals surface area contributed by atoms with Gasteiger partial charge in [0.25, 0.3) is 5.91 Å². The van der Waals surface area contributed by atoms with E-state index in [1.807, 2.05) is 61.5 Å². The van der Waals surface area contributed by atoms with E-state index < -0.39 is 6.10 Å². The topological polar surface area (TPSA) is 55.4 Å². The number of hydrogen-bond donors (Lipinski definition) is 1. The molecule has 0 aromatic heterocycles. The van der Waals surface area contributed by atoms with Crippen LogP contribution in [0, 0.1) is 6.92 Å². The minimum atomic E-state index is -0.881. The Labute approximate surface area is 158 Å². The first kappa shape index (κ1) is 18.5. The first-order chi connectivity index (χ1) is 12.6. The summed E-state index contributed by atoms with van der Waals surface area (Å²) in [6.07, 6.45) is 1.37. The highest BCUT2D eigenvalue weighted by molar-refractivity contribution is 7.99. The molecule has 0 aliphatic heterocycles. The molecule has 3 rings (SSSR count). The fourth-order valence-corrected chi connectivity index (χ4v) is 3.32. The van der Waals surface area contributed by atoms with Crippen molar-refractivity contribution in [1.82, 2.24) is 5.32 Å². The van der Waals surface area contributed by atoms with Crippen LogP contribution in [0.15, 0.2) is 59.5 Å². The fraction of sp³-hybridized carbons (Fsp3) is 0.333. The summed E-state index contributed by atoms with van der Waals surface area (Å²) in [5, 5.41) is 2.92. The van der Waals surface area contributed by atoms with Gasteiger partial charge in [0.2, 0.25) is 6.10 Å². The summed E-state index contributed by atoms with van der Waals surface area (Å²) in [5.41, 5.74) is 1.91. The Morgan fingerprint density at radius 1 is 1.12 bits per heavy atom. The standard InChI is InChI=1S/C21H23NO3S/c1-15-7-11-18(12-8-15)26-14-13-19(23)25-20(16-5-3-2-4-6-16)21(24)22-17-9-10-17/h2-8,11-12,17,20H,9-10,13-14H2,1H3,(H,22,24)/t20-/m0/s1. The first-order valence-corrected chi connectivity index (χ1v) is 9.84. The van der Waals surface area contributed by atoms with Crippen molar-refractivity contribution in [3.8, 4) is 0 Å². The Balaban J connectivity index is 1.54. The molecule has 1 aliphatic rings. The molecule has 26 heavy (non-hydrogen) atoms. The molecule has 1 amide bonds. The van der Waals surface area contributed by atoms with Gasteiger partial charge < -0.3 is 10.1 Å². The van der Waals surface area contributed by atoms with Crippen LogP contribution in [0.5, 0.6) is 0 Å². The highest BCUT2D eigenvalue weighted by atomic mass is 32.2. The third-order valence-corrected chi connectivity index (χ3v) is 5.12. The van der Waals surface area contributed by atoms with Crippen LogP contribution in [-0.4, -0.2) is 23.7 Å². The molecule has 1 saturated carbocycles. The van der Waals surface area contributed by atoms with E-state index in [9.17, 15) is 9.59 Å². The summed E-state index contributed by atoms with van der Waals surface area (Å²) >= 11 is 1.61. The number of carbonyl (C=O) groups excluding carboxylic acids is 2. The van der Waals surface area contributed by atoms with Crippen molar-refractivity contribution >= 4 is 23.6 Å². The molecule has 1 aliphatic carbocycles. The Morgan fingerprint density at radius 3 is 2.46 bits per heavy atom. The number of hydrogen-bond acceptors (Lipinski definition) is 4. The molecule has 1 fully saturated rings. The van der Waals surface area contributed by atoms with E-state index >= 15 is 0 Å². The van der Waals surface area contributed by atoms with E-state index in [0.717, 1.165) is 17.7 Å². The number of ether oxygens (including phenoxy) is 1. The number of thioether (sulfide) groups is 1. The molecule has 2 aromatic carbocycles. The van der Waals surface area contributed by atoms with Crippen LogP contribution < -0.4 is 5.32 Å². The second-order valence-electron chi connectivity index (χ2n) is 6.47. The SMILES string of the molecule is Cc1ccc(SCCC(=O)O[C@H](C(=O)NC2CC2)c2ccccc2)cc1. The number of aryl methyl sites for hydroxylation is 1. The van der Waals surface area contributed by atoms with Crippen molar-refractivity contribution in [3.05, 3.63) is 65.7 Å². The molecule has 4 nitrogen and oxygen atoms in total. The van der Waals surface area contributed by atoms with Gasteiger partial charge in [0.1, 0.15) is 0 Å². The van der Waals surface area contributed by atoms with Crippen LogP contribution >= 0.6 is 11.8 Å². The molecule has 2 aromatic rings.